The van der Waals surface area contributed by atoms with Gasteiger partial charge in [-0.25, -0.2) is 10.0 Å². The molecule has 4 heteroatoms. The Morgan fingerprint density at radius 1 is 0.889 bits per heavy atom. The highest BCUT2D eigenvalue weighted by molar-refractivity contribution is 4.95. The van der Waals surface area contributed by atoms with E-state index in [4.69, 9.17) is 9.47 Å². The molecule has 2 rings (SSSR count). The van der Waals surface area contributed by atoms with Gasteiger partial charge in [0.1, 0.15) is 0 Å². The van der Waals surface area contributed by atoms with E-state index in [1.807, 2.05) is 0 Å². The van der Waals surface area contributed by atoms with Crippen LogP contribution in [0.4, 0.5) is 0 Å². The van der Waals surface area contributed by atoms with Gasteiger partial charge in [0, 0.05) is 13.1 Å². The van der Waals surface area contributed by atoms with Crippen molar-refractivity contribution in [2.24, 2.45) is 0 Å². The van der Waals surface area contributed by atoms with Crippen molar-refractivity contribution in [2.45, 2.75) is 64.8 Å². The maximum Gasteiger partial charge on any atom is 0.0692 e. The van der Waals surface area contributed by atoms with E-state index in [0.717, 1.165) is 26.3 Å². The minimum Gasteiger partial charge on any atom is -0.378 e. The molecule has 0 N–H and O–H groups in total. The maximum atomic E-state index is 5.84. The zero-order valence-corrected chi connectivity index (χ0v) is 12.7. The molecule has 0 aliphatic carbocycles. The van der Waals surface area contributed by atoms with E-state index in [1.54, 1.807) is 0 Å². The number of ether oxygens (including phenoxy) is 2. The van der Waals surface area contributed by atoms with Gasteiger partial charge < -0.3 is 9.47 Å². The van der Waals surface area contributed by atoms with Crippen LogP contribution < -0.4 is 0 Å². The first-order chi connectivity index (χ1) is 8.22. The summed E-state index contributed by atoms with van der Waals surface area (Å²) in [5, 5.41) is 5.00. The fourth-order valence-electron chi connectivity index (χ4n) is 3.57. The normalized spacial score (nSPS) is 37.7. The van der Waals surface area contributed by atoms with Gasteiger partial charge in [0.05, 0.1) is 36.5 Å². The lowest BCUT2D eigenvalue weighted by Gasteiger charge is -2.58. The zero-order valence-electron chi connectivity index (χ0n) is 12.7. The molecule has 0 spiro atoms. The van der Waals surface area contributed by atoms with E-state index >= 15 is 0 Å². The summed E-state index contributed by atoms with van der Waals surface area (Å²) in [7, 11) is 0. The summed E-state index contributed by atoms with van der Waals surface area (Å²) in [4.78, 5) is 0. The summed E-state index contributed by atoms with van der Waals surface area (Å²) in [5.41, 5.74) is 0.0804. The smallest absolute Gasteiger partial charge is 0.0692 e. The third kappa shape index (κ3) is 2.72. The summed E-state index contributed by atoms with van der Waals surface area (Å²) in [5.74, 6) is 0. The highest BCUT2D eigenvalue weighted by atomic mass is 16.5. The lowest BCUT2D eigenvalue weighted by molar-refractivity contribution is -0.259. The number of rotatable bonds is 1. The Labute approximate surface area is 111 Å². The monoisotopic (exact) mass is 256 g/mol. The van der Waals surface area contributed by atoms with Gasteiger partial charge in [-0.15, -0.1) is 0 Å². The number of hydrogen-bond acceptors (Lipinski definition) is 4. The summed E-state index contributed by atoms with van der Waals surface area (Å²) in [6, 6.07) is 0. The Hall–Kier alpha value is -0.160. The highest BCUT2D eigenvalue weighted by Gasteiger charge is 2.46. The van der Waals surface area contributed by atoms with Crippen molar-refractivity contribution in [1.82, 2.24) is 10.0 Å². The molecule has 2 fully saturated rings. The summed E-state index contributed by atoms with van der Waals surface area (Å²) >= 11 is 0. The van der Waals surface area contributed by atoms with Crippen LogP contribution in [-0.2, 0) is 9.47 Å². The lowest BCUT2D eigenvalue weighted by Crippen LogP contribution is -2.71. The molecule has 18 heavy (non-hydrogen) atoms. The molecule has 0 aromatic heterocycles. The van der Waals surface area contributed by atoms with E-state index in [1.165, 1.54) is 0 Å². The van der Waals surface area contributed by atoms with Crippen molar-refractivity contribution in [3.05, 3.63) is 0 Å². The lowest BCUT2D eigenvalue weighted by atomic mass is 9.93. The van der Waals surface area contributed by atoms with Crippen molar-refractivity contribution >= 4 is 0 Å². The second-order valence-electron chi connectivity index (χ2n) is 7.06. The number of hydrogen-bond donors (Lipinski definition) is 0. The zero-order chi connectivity index (χ0) is 13.6. The molecule has 2 aliphatic heterocycles. The minimum absolute atomic E-state index is 0.0402. The van der Waals surface area contributed by atoms with Crippen molar-refractivity contribution in [3.63, 3.8) is 0 Å². The van der Waals surface area contributed by atoms with Gasteiger partial charge in [-0.1, -0.05) is 0 Å². The van der Waals surface area contributed by atoms with E-state index < -0.39 is 0 Å². The first-order valence-electron chi connectivity index (χ1n) is 7.01. The van der Waals surface area contributed by atoms with Crippen LogP contribution in [0.15, 0.2) is 0 Å². The van der Waals surface area contributed by atoms with Gasteiger partial charge in [0.2, 0.25) is 0 Å². The molecule has 2 saturated heterocycles. The van der Waals surface area contributed by atoms with Crippen LogP contribution in [0.2, 0.25) is 0 Å². The molecule has 2 atom stereocenters. The molecule has 0 aromatic rings. The molecular weight excluding hydrogens is 228 g/mol. The second kappa shape index (κ2) is 4.75. The van der Waals surface area contributed by atoms with E-state index in [-0.39, 0.29) is 11.1 Å². The Morgan fingerprint density at radius 2 is 1.33 bits per heavy atom. The number of nitrogens with zero attached hydrogens (tertiary/aromatic N) is 2. The highest BCUT2D eigenvalue weighted by Crippen LogP contribution is 2.33. The van der Waals surface area contributed by atoms with Crippen LogP contribution in [0, 0.1) is 0 Å². The van der Waals surface area contributed by atoms with Crippen molar-refractivity contribution in [2.75, 3.05) is 26.3 Å². The van der Waals surface area contributed by atoms with Gasteiger partial charge in [-0.05, 0) is 41.5 Å². The molecule has 2 heterocycles. The quantitative estimate of drug-likeness (QED) is 0.715. The van der Waals surface area contributed by atoms with Gasteiger partial charge in [0.25, 0.3) is 0 Å². The molecule has 0 radical (unpaired) electrons. The van der Waals surface area contributed by atoms with Crippen LogP contribution in [0.5, 0.6) is 0 Å². The number of hydrazine groups is 1. The second-order valence-corrected chi connectivity index (χ2v) is 7.06. The van der Waals surface area contributed by atoms with Gasteiger partial charge in [0.15, 0.2) is 0 Å². The first-order valence-corrected chi connectivity index (χ1v) is 7.01. The van der Waals surface area contributed by atoms with E-state index in [9.17, 15) is 0 Å². The predicted octanol–water partition coefficient (Wildman–Crippen LogP) is 1.90. The number of morpholine rings is 2. The molecule has 0 aromatic carbocycles. The van der Waals surface area contributed by atoms with E-state index in [0.29, 0.717) is 12.2 Å². The maximum absolute atomic E-state index is 5.84. The molecule has 106 valence electrons. The SMILES string of the molecule is CC1CN(N2C(C)(C)COCC2(C)C)CC(C)O1. The fraction of sp³-hybridized carbons (Fsp3) is 1.00. The average molecular weight is 256 g/mol. The van der Waals surface area contributed by atoms with Crippen LogP contribution in [0.25, 0.3) is 0 Å². The topological polar surface area (TPSA) is 24.9 Å². The summed E-state index contributed by atoms with van der Waals surface area (Å²) in [6.07, 6.45) is 0.589. The molecule has 0 bridgehead atoms. The van der Waals surface area contributed by atoms with Crippen molar-refractivity contribution in [1.29, 1.82) is 0 Å². The Kier molecular flexibility index (Phi) is 3.76. The summed E-state index contributed by atoms with van der Waals surface area (Å²) in [6.45, 7) is 16.9. The van der Waals surface area contributed by atoms with Crippen molar-refractivity contribution < 1.29 is 9.47 Å². The molecular formula is C14H28N2O2. The van der Waals surface area contributed by atoms with Crippen LogP contribution in [0.3, 0.4) is 0 Å². The Balaban J connectivity index is 2.22. The molecule has 2 unspecified atom stereocenters. The van der Waals surface area contributed by atoms with Crippen LogP contribution in [-0.4, -0.2) is 59.6 Å². The third-order valence-electron chi connectivity index (χ3n) is 3.74. The molecule has 0 saturated carbocycles. The van der Waals surface area contributed by atoms with Crippen LogP contribution in [0.1, 0.15) is 41.5 Å². The standard InChI is InChI=1S/C14H28N2O2/c1-11-7-15(8-12(2)18-11)16-13(3,4)9-17-10-14(16,5)6/h11-12H,7-10H2,1-6H3. The van der Waals surface area contributed by atoms with Crippen LogP contribution >= 0.6 is 0 Å². The first kappa shape index (κ1) is 14.3. The largest absolute Gasteiger partial charge is 0.378 e. The van der Waals surface area contributed by atoms with Gasteiger partial charge in [-0.3, -0.25) is 0 Å². The fourth-order valence-corrected chi connectivity index (χ4v) is 3.57. The molecule has 4 nitrogen and oxygen atoms in total. The third-order valence-corrected chi connectivity index (χ3v) is 3.74. The minimum atomic E-state index is 0.0402. The predicted molar refractivity (Wildman–Crippen MR) is 72.4 cm³/mol. The van der Waals surface area contributed by atoms with Crippen molar-refractivity contribution in [3.8, 4) is 0 Å². The Morgan fingerprint density at radius 3 is 1.78 bits per heavy atom. The molecule has 2 aliphatic rings. The van der Waals surface area contributed by atoms with E-state index in [2.05, 4.69) is 51.6 Å². The molecule has 0 amide bonds. The Bertz CT molecular complexity index is 278. The van der Waals surface area contributed by atoms with Gasteiger partial charge in [-0.2, -0.15) is 0 Å². The van der Waals surface area contributed by atoms with Gasteiger partial charge >= 0.3 is 0 Å². The summed E-state index contributed by atoms with van der Waals surface area (Å²) < 4.78 is 11.6. The average Bonchev–Trinajstić information content (AvgIpc) is 2.11.